The van der Waals surface area contributed by atoms with Crippen LogP contribution < -0.4 is 21.3 Å². The zero-order valence-electron chi connectivity index (χ0n) is 20.0. The smallest absolute Gasteiger partial charge is 0.262 e. The first-order valence-electron chi connectivity index (χ1n) is 11.0. The third kappa shape index (κ3) is 8.39. The van der Waals surface area contributed by atoms with Gasteiger partial charge in [-0.25, -0.2) is 0 Å². The molecule has 0 fully saturated rings. The lowest BCUT2D eigenvalue weighted by Gasteiger charge is -2.17. The fourth-order valence-electron chi connectivity index (χ4n) is 4.09. The predicted octanol–water partition coefficient (Wildman–Crippen LogP) is 1.95. The van der Waals surface area contributed by atoms with Crippen LogP contribution in [0.1, 0.15) is 0 Å². The molecule has 10 nitrogen and oxygen atoms in total. The van der Waals surface area contributed by atoms with E-state index in [1.54, 1.807) is 0 Å². The molecule has 38 heavy (non-hydrogen) atoms. The summed E-state index contributed by atoms with van der Waals surface area (Å²) in [5.41, 5.74) is 15.1. The van der Waals surface area contributed by atoms with Gasteiger partial charge in [-0.05, 0) is 92.3 Å². The highest BCUT2D eigenvalue weighted by atomic mass is 31.2. The van der Waals surface area contributed by atoms with Gasteiger partial charge < -0.3 is 40.8 Å². The molecule has 12 heteroatoms. The molecule has 0 aliphatic rings. The van der Waals surface area contributed by atoms with Crippen molar-refractivity contribution in [1.82, 2.24) is 0 Å². The number of rotatable bonds is 2. The van der Waals surface area contributed by atoms with E-state index in [4.69, 9.17) is 38.5 Å². The Bertz CT molecular complexity index is 1450. The Morgan fingerprint density at radius 2 is 0.684 bits per heavy atom. The van der Waals surface area contributed by atoms with E-state index in [9.17, 15) is 0 Å². The molecular formula is C26H26N2O8P2. The lowest BCUT2D eigenvalue weighted by Crippen LogP contribution is -2.39. The summed E-state index contributed by atoms with van der Waals surface area (Å²) >= 11 is 0. The van der Waals surface area contributed by atoms with Crippen molar-refractivity contribution in [2.75, 3.05) is 0 Å². The van der Waals surface area contributed by atoms with Crippen molar-refractivity contribution in [3.63, 3.8) is 0 Å². The molecule has 0 unspecified atom stereocenters. The number of benzene rings is 5. The van der Waals surface area contributed by atoms with Crippen LogP contribution >= 0.6 is 15.6 Å². The second-order valence-electron chi connectivity index (χ2n) is 8.22. The normalized spacial score (nSPS) is 11.4. The molecule has 0 aliphatic carbocycles. The Morgan fingerprint density at radius 3 is 0.895 bits per heavy atom. The number of hydrogen-bond donors (Lipinski definition) is 6. The summed E-state index contributed by atoms with van der Waals surface area (Å²) in [6.45, 7) is 0. The average molecular weight is 556 g/mol. The number of phosphoric acid groups is 2. The van der Waals surface area contributed by atoms with Crippen LogP contribution in [-0.2, 0) is 9.13 Å². The van der Waals surface area contributed by atoms with Gasteiger partial charge in [0.1, 0.15) is 11.4 Å². The SMILES string of the molecule is O=P([O-])(O)O.O=P([O-])(O)O.[NH3+]c1ccc(-c2c3ccccc3c(-c3ccc([NH3+])cc3)c3ccccc23)cc1. The van der Waals surface area contributed by atoms with E-state index in [2.05, 4.69) is 109 Å². The third-order valence-electron chi connectivity index (χ3n) is 5.42. The molecule has 5 rings (SSSR count). The standard InChI is InChI=1S/C26H20N2.2H3O4P/c27-19-13-9-17(10-14-19)25-21-5-1-2-6-22(21)26(18-11-15-20(28)16-12-18)24-8-4-3-7-23(24)25;2*1-5(2,3)4/h1-16H,27-28H2;2*(H3,1,2,3,4). The number of quaternary nitrogens is 2. The predicted molar refractivity (Wildman–Crippen MR) is 142 cm³/mol. The molecule has 0 spiro atoms. The minimum Gasteiger partial charge on any atom is -0.756 e. The van der Waals surface area contributed by atoms with Gasteiger partial charge in [0.05, 0.1) is 0 Å². The maximum Gasteiger partial charge on any atom is 0.262 e. The lowest BCUT2D eigenvalue weighted by molar-refractivity contribution is -0.255. The molecule has 5 aromatic rings. The van der Waals surface area contributed by atoms with Crippen LogP contribution in [0.5, 0.6) is 0 Å². The van der Waals surface area contributed by atoms with Gasteiger partial charge in [0.15, 0.2) is 0 Å². The Kier molecular flexibility index (Phi) is 9.32. The molecule has 0 amide bonds. The first-order valence-corrected chi connectivity index (χ1v) is 14.1. The van der Waals surface area contributed by atoms with Crippen LogP contribution in [-0.4, -0.2) is 19.6 Å². The number of fused-ring (bicyclic) bond motifs is 2. The van der Waals surface area contributed by atoms with Crippen LogP contribution in [0.3, 0.4) is 0 Å². The fraction of sp³-hybridized carbons (Fsp3) is 0. The molecule has 10 N–H and O–H groups in total. The maximum atomic E-state index is 8.77. The summed E-state index contributed by atoms with van der Waals surface area (Å²) in [7, 11) is -9.78. The molecule has 198 valence electrons. The van der Waals surface area contributed by atoms with Crippen LogP contribution in [0.15, 0.2) is 97.1 Å². The molecule has 0 radical (unpaired) electrons. The summed E-state index contributed by atoms with van der Waals surface area (Å²) in [5, 5.41) is 5.08. The second-order valence-corrected chi connectivity index (χ2v) is 10.2. The van der Waals surface area contributed by atoms with Crippen LogP contribution in [0, 0.1) is 0 Å². The van der Waals surface area contributed by atoms with Crippen molar-refractivity contribution < 1.29 is 50.0 Å². The van der Waals surface area contributed by atoms with Gasteiger partial charge in [-0.2, -0.15) is 0 Å². The molecule has 0 saturated heterocycles. The molecule has 0 heterocycles. The molecular weight excluding hydrogens is 530 g/mol. The Morgan fingerprint density at radius 1 is 0.474 bits per heavy atom. The molecule has 0 atom stereocenters. The molecule has 5 aromatic carbocycles. The van der Waals surface area contributed by atoms with Gasteiger partial charge in [0.25, 0.3) is 15.6 Å². The van der Waals surface area contributed by atoms with Gasteiger partial charge >= 0.3 is 0 Å². The Balaban J connectivity index is 0.000000344. The zero-order chi connectivity index (χ0) is 28.1. The lowest BCUT2D eigenvalue weighted by atomic mass is 9.86. The van der Waals surface area contributed by atoms with E-state index < -0.39 is 15.6 Å². The van der Waals surface area contributed by atoms with E-state index >= 15 is 0 Å². The largest absolute Gasteiger partial charge is 0.756 e. The van der Waals surface area contributed by atoms with Crippen molar-refractivity contribution in [2.45, 2.75) is 0 Å². The highest BCUT2D eigenvalue weighted by Crippen LogP contribution is 2.43. The van der Waals surface area contributed by atoms with Gasteiger partial charge in [0.2, 0.25) is 0 Å². The number of hydrogen-bond acceptors (Lipinski definition) is 4. The third-order valence-corrected chi connectivity index (χ3v) is 5.42. The van der Waals surface area contributed by atoms with Crippen molar-refractivity contribution in [3.05, 3.63) is 97.1 Å². The van der Waals surface area contributed by atoms with Gasteiger partial charge in [-0.1, -0.05) is 48.5 Å². The highest BCUT2D eigenvalue weighted by molar-refractivity contribution is 7.43. The van der Waals surface area contributed by atoms with E-state index in [-0.39, 0.29) is 0 Å². The van der Waals surface area contributed by atoms with Crippen molar-refractivity contribution in [1.29, 1.82) is 0 Å². The molecule has 0 saturated carbocycles. The van der Waals surface area contributed by atoms with E-state index in [0.29, 0.717) is 0 Å². The average Bonchev–Trinajstić information content (AvgIpc) is 2.82. The minimum atomic E-state index is -4.89. The summed E-state index contributed by atoms with van der Waals surface area (Å²) in [4.78, 5) is 45.8. The monoisotopic (exact) mass is 556 g/mol. The summed E-state index contributed by atoms with van der Waals surface area (Å²) in [6, 6.07) is 34.4. The summed E-state index contributed by atoms with van der Waals surface area (Å²) in [5.74, 6) is 0. The van der Waals surface area contributed by atoms with Crippen LogP contribution in [0.25, 0.3) is 43.8 Å². The minimum absolute atomic E-state index is 1.03. The second kappa shape index (κ2) is 12.1. The Hall–Kier alpha value is -3.24. The van der Waals surface area contributed by atoms with Crippen LogP contribution in [0.4, 0.5) is 11.4 Å². The fourth-order valence-corrected chi connectivity index (χ4v) is 4.09. The van der Waals surface area contributed by atoms with Gasteiger partial charge in [-0.15, -0.1) is 0 Å². The van der Waals surface area contributed by atoms with E-state index in [1.165, 1.54) is 43.8 Å². The van der Waals surface area contributed by atoms with E-state index in [0.717, 1.165) is 11.4 Å². The topological polar surface area (TPSA) is 216 Å². The molecule has 0 bridgehead atoms. The quantitative estimate of drug-likeness (QED) is 0.139. The maximum absolute atomic E-state index is 8.77. The molecule has 0 aromatic heterocycles. The Labute approximate surface area is 217 Å². The van der Waals surface area contributed by atoms with Gasteiger partial charge in [-0.3, -0.25) is 9.13 Å². The highest BCUT2D eigenvalue weighted by Gasteiger charge is 2.16. The molecule has 0 aliphatic heterocycles. The van der Waals surface area contributed by atoms with Crippen LogP contribution in [0.2, 0.25) is 0 Å². The van der Waals surface area contributed by atoms with Gasteiger partial charge in [0, 0.05) is 0 Å². The zero-order valence-corrected chi connectivity index (χ0v) is 21.8. The van der Waals surface area contributed by atoms with Crippen molar-refractivity contribution >= 4 is 48.6 Å². The first-order chi connectivity index (χ1) is 17.7. The van der Waals surface area contributed by atoms with Crippen molar-refractivity contribution in [3.8, 4) is 22.3 Å². The summed E-state index contributed by atoms with van der Waals surface area (Å²) in [6.07, 6.45) is 0. The summed E-state index contributed by atoms with van der Waals surface area (Å²) < 4.78 is 17.5. The first kappa shape index (κ1) is 29.3. The van der Waals surface area contributed by atoms with E-state index in [1.807, 2.05) is 0 Å². The van der Waals surface area contributed by atoms with Crippen molar-refractivity contribution in [2.24, 2.45) is 0 Å².